The van der Waals surface area contributed by atoms with Crippen molar-refractivity contribution in [1.29, 1.82) is 0 Å². The SMILES string of the molecule is COc1ccc(-n2cc(Br)cn2)cc1F. The number of nitrogens with zero attached hydrogens (tertiary/aromatic N) is 2. The molecule has 0 aliphatic carbocycles. The van der Waals surface area contributed by atoms with Crippen LogP contribution in [0, 0.1) is 5.82 Å². The first-order chi connectivity index (χ1) is 7.20. The fourth-order valence-corrected chi connectivity index (χ4v) is 1.53. The van der Waals surface area contributed by atoms with E-state index in [0.29, 0.717) is 5.69 Å². The zero-order chi connectivity index (χ0) is 10.8. The molecular weight excluding hydrogens is 263 g/mol. The number of methoxy groups -OCH3 is 1. The van der Waals surface area contributed by atoms with Crippen molar-refractivity contribution < 1.29 is 9.13 Å². The van der Waals surface area contributed by atoms with Crippen LogP contribution in [0.15, 0.2) is 35.1 Å². The van der Waals surface area contributed by atoms with E-state index in [0.717, 1.165) is 4.47 Å². The van der Waals surface area contributed by atoms with E-state index in [-0.39, 0.29) is 5.75 Å². The highest BCUT2D eigenvalue weighted by molar-refractivity contribution is 9.10. The fourth-order valence-electron chi connectivity index (χ4n) is 1.24. The Balaban J connectivity index is 2.42. The molecule has 0 amide bonds. The van der Waals surface area contributed by atoms with Gasteiger partial charge in [-0.3, -0.25) is 0 Å². The van der Waals surface area contributed by atoms with Gasteiger partial charge in [-0.05, 0) is 28.1 Å². The zero-order valence-corrected chi connectivity index (χ0v) is 9.53. The van der Waals surface area contributed by atoms with Crippen LogP contribution >= 0.6 is 15.9 Å². The summed E-state index contributed by atoms with van der Waals surface area (Å²) in [5, 5.41) is 4.04. The maximum Gasteiger partial charge on any atom is 0.167 e. The van der Waals surface area contributed by atoms with E-state index in [9.17, 15) is 4.39 Å². The molecule has 0 aliphatic heterocycles. The summed E-state index contributed by atoms with van der Waals surface area (Å²) in [4.78, 5) is 0. The van der Waals surface area contributed by atoms with Crippen LogP contribution < -0.4 is 4.74 Å². The molecule has 0 bridgehead atoms. The number of hydrogen-bond donors (Lipinski definition) is 0. The highest BCUT2D eigenvalue weighted by Crippen LogP contribution is 2.20. The van der Waals surface area contributed by atoms with Crippen molar-refractivity contribution in [1.82, 2.24) is 9.78 Å². The maximum atomic E-state index is 13.4. The molecule has 2 aromatic rings. The highest BCUT2D eigenvalue weighted by Gasteiger charge is 2.05. The van der Waals surface area contributed by atoms with Crippen LogP contribution in [0.3, 0.4) is 0 Å². The lowest BCUT2D eigenvalue weighted by atomic mass is 10.3. The van der Waals surface area contributed by atoms with Gasteiger partial charge in [0.15, 0.2) is 11.6 Å². The van der Waals surface area contributed by atoms with E-state index in [1.54, 1.807) is 29.2 Å². The summed E-state index contributed by atoms with van der Waals surface area (Å²) in [7, 11) is 1.43. The predicted octanol–water partition coefficient (Wildman–Crippen LogP) is 2.78. The molecule has 0 radical (unpaired) electrons. The van der Waals surface area contributed by atoms with Gasteiger partial charge >= 0.3 is 0 Å². The monoisotopic (exact) mass is 270 g/mol. The van der Waals surface area contributed by atoms with E-state index in [2.05, 4.69) is 21.0 Å². The van der Waals surface area contributed by atoms with Gasteiger partial charge in [-0.15, -0.1) is 0 Å². The number of halogens is 2. The summed E-state index contributed by atoms with van der Waals surface area (Å²) in [5.74, 6) is -0.174. The number of hydrogen-bond acceptors (Lipinski definition) is 2. The second kappa shape index (κ2) is 4.02. The van der Waals surface area contributed by atoms with E-state index >= 15 is 0 Å². The van der Waals surface area contributed by atoms with Crippen molar-refractivity contribution in [3.05, 3.63) is 40.9 Å². The van der Waals surface area contributed by atoms with Crippen LogP contribution in [0.1, 0.15) is 0 Å². The van der Waals surface area contributed by atoms with Gasteiger partial charge in [0, 0.05) is 12.3 Å². The molecule has 0 spiro atoms. The Kier molecular flexibility index (Phi) is 2.73. The van der Waals surface area contributed by atoms with Crippen LogP contribution in [0.25, 0.3) is 5.69 Å². The molecule has 5 heteroatoms. The van der Waals surface area contributed by atoms with Gasteiger partial charge in [0.2, 0.25) is 0 Å². The van der Waals surface area contributed by atoms with Gasteiger partial charge in [-0.25, -0.2) is 9.07 Å². The minimum atomic E-state index is -0.401. The molecule has 1 heterocycles. The lowest BCUT2D eigenvalue weighted by Crippen LogP contribution is -1.96. The molecule has 1 aromatic heterocycles. The number of rotatable bonds is 2. The minimum absolute atomic E-state index is 0.227. The average Bonchev–Trinajstić information content (AvgIpc) is 2.65. The van der Waals surface area contributed by atoms with Gasteiger partial charge in [0.1, 0.15) is 0 Å². The minimum Gasteiger partial charge on any atom is -0.494 e. The lowest BCUT2D eigenvalue weighted by Gasteiger charge is -2.04. The molecule has 0 unspecified atom stereocenters. The molecule has 0 saturated heterocycles. The van der Waals surface area contributed by atoms with Gasteiger partial charge in [-0.2, -0.15) is 5.10 Å². The van der Waals surface area contributed by atoms with Crippen molar-refractivity contribution in [2.24, 2.45) is 0 Å². The third-order valence-electron chi connectivity index (χ3n) is 1.95. The van der Waals surface area contributed by atoms with E-state index in [4.69, 9.17) is 4.74 Å². The van der Waals surface area contributed by atoms with Crippen LogP contribution in [-0.2, 0) is 0 Å². The second-order valence-electron chi connectivity index (χ2n) is 2.92. The summed E-state index contributed by atoms with van der Waals surface area (Å²) in [6.07, 6.45) is 3.39. The summed E-state index contributed by atoms with van der Waals surface area (Å²) in [6, 6.07) is 4.68. The molecular formula is C10H8BrFN2O. The largest absolute Gasteiger partial charge is 0.494 e. The third-order valence-corrected chi connectivity index (χ3v) is 2.36. The Bertz CT molecular complexity index is 484. The lowest BCUT2D eigenvalue weighted by molar-refractivity contribution is 0.386. The number of aromatic nitrogens is 2. The molecule has 2 rings (SSSR count). The molecule has 0 fully saturated rings. The first-order valence-electron chi connectivity index (χ1n) is 4.25. The van der Waals surface area contributed by atoms with Crippen molar-refractivity contribution in [3.8, 4) is 11.4 Å². The average molecular weight is 271 g/mol. The van der Waals surface area contributed by atoms with Gasteiger partial charge < -0.3 is 4.74 Å². The van der Waals surface area contributed by atoms with Crippen LogP contribution in [0.4, 0.5) is 4.39 Å². The fraction of sp³-hybridized carbons (Fsp3) is 0.100. The van der Waals surface area contributed by atoms with E-state index < -0.39 is 5.82 Å². The maximum absolute atomic E-state index is 13.4. The predicted molar refractivity (Wildman–Crippen MR) is 57.8 cm³/mol. The van der Waals surface area contributed by atoms with Crippen molar-refractivity contribution in [3.63, 3.8) is 0 Å². The third kappa shape index (κ3) is 2.02. The summed E-state index contributed by atoms with van der Waals surface area (Å²) < 4.78 is 20.6. The normalized spacial score (nSPS) is 10.3. The molecule has 0 N–H and O–H groups in total. The summed E-state index contributed by atoms with van der Waals surface area (Å²) in [5.41, 5.74) is 0.652. The highest BCUT2D eigenvalue weighted by atomic mass is 79.9. The zero-order valence-electron chi connectivity index (χ0n) is 7.95. The van der Waals surface area contributed by atoms with Crippen LogP contribution in [0.2, 0.25) is 0 Å². The van der Waals surface area contributed by atoms with Crippen LogP contribution in [-0.4, -0.2) is 16.9 Å². The van der Waals surface area contributed by atoms with E-state index in [1.165, 1.54) is 13.2 Å². The first-order valence-corrected chi connectivity index (χ1v) is 5.04. The smallest absolute Gasteiger partial charge is 0.167 e. The molecule has 0 atom stereocenters. The molecule has 1 aromatic carbocycles. The Morgan fingerprint density at radius 3 is 2.80 bits per heavy atom. The Labute approximate surface area is 94.6 Å². The molecule has 15 heavy (non-hydrogen) atoms. The summed E-state index contributed by atoms with van der Waals surface area (Å²) in [6.45, 7) is 0. The molecule has 3 nitrogen and oxygen atoms in total. The van der Waals surface area contributed by atoms with Gasteiger partial charge in [0.25, 0.3) is 0 Å². The van der Waals surface area contributed by atoms with Crippen molar-refractivity contribution >= 4 is 15.9 Å². The Morgan fingerprint density at radius 1 is 1.47 bits per heavy atom. The van der Waals surface area contributed by atoms with Gasteiger partial charge in [0.05, 0.1) is 23.5 Å². The molecule has 0 aliphatic rings. The molecule has 0 saturated carbocycles. The quantitative estimate of drug-likeness (QED) is 0.839. The number of benzene rings is 1. The van der Waals surface area contributed by atoms with Crippen LogP contribution in [0.5, 0.6) is 5.75 Å². The van der Waals surface area contributed by atoms with Crippen molar-refractivity contribution in [2.75, 3.05) is 7.11 Å². The molecule has 78 valence electrons. The topological polar surface area (TPSA) is 27.1 Å². The van der Waals surface area contributed by atoms with Gasteiger partial charge in [-0.1, -0.05) is 0 Å². The standard InChI is InChI=1S/C10H8BrFN2O/c1-15-10-3-2-8(4-9(10)12)14-6-7(11)5-13-14/h2-6H,1H3. The Hall–Kier alpha value is -1.36. The first kappa shape index (κ1) is 10.2. The van der Waals surface area contributed by atoms with Crippen molar-refractivity contribution in [2.45, 2.75) is 0 Å². The Morgan fingerprint density at radius 2 is 2.27 bits per heavy atom. The number of ether oxygens (including phenoxy) is 1. The van der Waals surface area contributed by atoms with E-state index in [1.807, 2.05) is 0 Å². The second-order valence-corrected chi connectivity index (χ2v) is 3.84. The summed E-state index contributed by atoms with van der Waals surface area (Å²) >= 11 is 3.27.